The third-order valence-electron chi connectivity index (χ3n) is 1.43. The monoisotopic (exact) mass is 153 g/mol. The molecule has 0 saturated carbocycles. The molecule has 54 valence electrons. The molecule has 10 heavy (non-hydrogen) atoms. The zero-order valence-electron chi connectivity index (χ0n) is 6.29. The maximum atomic E-state index is 4.08. The number of rotatable bonds is 2. The summed E-state index contributed by atoms with van der Waals surface area (Å²) in [6, 6.07) is 0. The van der Waals surface area contributed by atoms with Gasteiger partial charge in [-0.3, -0.25) is 0 Å². The molecule has 0 amide bonds. The van der Waals surface area contributed by atoms with Crippen molar-refractivity contribution in [3.63, 3.8) is 0 Å². The van der Waals surface area contributed by atoms with Crippen molar-refractivity contribution >= 4 is 17.6 Å². The Balaban J connectivity index is 3.01. The Bertz CT molecular complexity index is 225. The van der Waals surface area contributed by atoms with E-state index in [1.165, 1.54) is 22.0 Å². The fourth-order valence-electron chi connectivity index (χ4n) is 0.845. The van der Waals surface area contributed by atoms with E-state index in [-0.39, 0.29) is 0 Å². The minimum absolute atomic E-state index is 0.562. The highest BCUT2D eigenvalue weighted by atomic mass is 32.1. The molecule has 0 radical (unpaired) electrons. The molecule has 0 unspecified atom stereocenters. The molecule has 1 aromatic heterocycles. The Morgan fingerprint density at radius 1 is 1.70 bits per heavy atom. The molecule has 0 aliphatic heterocycles. The fourth-order valence-corrected chi connectivity index (χ4v) is 1.59. The summed E-state index contributed by atoms with van der Waals surface area (Å²) in [5, 5.41) is 0. The van der Waals surface area contributed by atoms with Crippen LogP contribution >= 0.6 is 11.5 Å². The molecule has 0 N–H and O–H groups in total. The van der Waals surface area contributed by atoms with Gasteiger partial charge in [0.25, 0.3) is 0 Å². The van der Waals surface area contributed by atoms with Gasteiger partial charge in [-0.15, -0.1) is 0 Å². The zero-order valence-corrected chi connectivity index (χ0v) is 7.11. The van der Waals surface area contributed by atoms with E-state index in [1.807, 2.05) is 12.3 Å². The average Bonchev–Trinajstić information content (AvgIpc) is 2.33. The number of nitrogens with zero attached hydrogens (tertiary/aromatic N) is 1. The van der Waals surface area contributed by atoms with E-state index >= 15 is 0 Å². The molecule has 0 spiro atoms. The molecule has 1 heterocycles. The molecular weight excluding hydrogens is 142 g/mol. The van der Waals surface area contributed by atoms with Gasteiger partial charge in [-0.1, -0.05) is 26.5 Å². The maximum Gasteiger partial charge on any atom is 0.0506 e. The van der Waals surface area contributed by atoms with Crippen LogP contribution < -0.4 is 0 Å². The van der Waals surface area contributed by atoms with Gasteiger partial charge in [0, 0.05) is 6.20 Å². The molecule has 0 bridgehead atoms. The average molecular weight is 153 g/mol. The third kappa shape index (κ3) is 1.27. The van der Waals surface area contributed by atoms with Gasteiger partial charge in [-0.05, 0) is 23.0 Å². The lowest BCUT2D eigenvalue weighted by molar-refractivity contribution is 0.867. The second-order valence-electron chi connectivity index (χ2n) is 2.50. The topological polar surface area (TPSA) is 12.9 Å². The van der Waals surface area contributed by atoms with Gasteiger partial charge in [0.15, 0.2) is 0 Å². The standard InChI is InChI=1S/C8H11NS/c1-4-8-7(6(2)3)5-9-10-8/h4-6H,1H2,2-3H3. The van der Waals surface area contributed by atoms with E-state index in [9.17, 15) is 0 Å². The van der Waals surface area contributed by atoms with Crippen LogP contribution in [0.5, 0.6) is 0 Å². The summed E-state index contributed by atoms with van der Waals surface area (Å²) in [5.41, 5.74) is 1.31. The Morgan fingerprint density at radius 2 is 2.40 bits per heavy atom. The molecule has 1 aromatic rings. The number of hydrogen-bond donors (Lipinski definition) is 0. The molecule has 2 heteroatoms. The van der Waals surface area contributed by atoms with Crippen molar-refractivity contribution in [3.8, 4) is 0 Å². The predicted octanol–water partition coefficient (Wildman–Crippen LogP) is 2.91. The summed E-state index contributed by atoms with van der Waals surface area (Å²) < 4.78 is 4.08. The van der Waals surface area contributed by atoms with Gasteiger partial charge in [0.05, 0.1) is 4.88 Å². The maximum absolute atomic E-state index is 4.08. The number of hydrogen-bond acceptors (Lipinski definition) is 2. The van der Waals surface area contributed by atoms with E-state index in [0.717, 1.165) is 0 Å². The zero-order chi connectivity index (χ0) is 7.56. The predicted molar refractivity (Wildman–Crippen MR) is 46.3 cm³/mol. The summed E-state index contributed by atoms with van der Waals surface area (Å²) in [6.07, 6.45) is 3.79. The lowest BCUT2D eigenvalue weighted by Gasteiger charge is -2.00. The Morgan fingerprint density at radius 3 is 2.80 bits per heavy atom. The largest absolute Gasteiger partial charge is 0.200 e. The lowest BCUT2D eigenvalue weighted by Crippen LogP contribution is -1.84. The van der Waals surface area contributed by atoms with Crippen LogP contribution in [0.15, 0.2) is 12.8 Å². The van der Waals surface area contributed by atoms with Crippen LogP contribution in [0.1, 0.15) is 30.2 Å². The Hall–Kier alpha value is -0.630. The molecule has 0 aliphatic rings. The highest BCUT2D eigenvalue weighted by Crippen LogP contribution is 2.22. The first-order valence-corrected chi connectivity index (χ1v) is 4.10. The van der Waals surface area contributed by atoms with Crippen molar-refractivity contribution in [1.29, 1.82) is 0 Å². The van der Waals surface area contributed by atoms with Gasteiger partial charge in [-0.2, -0.15) is 0 Å². The SMILES string of the molecule is C=Cc1sncc1C(C)C. The van der Waals surface area contributed by atoms with E-state index in [2.05, 4.69) is 24.8 Å². The minimum atomic E-state index is 0.562. The molecule has 0 aliphatic carbocycles. The Kier molecular flexibility index (Phi) is 2.22. The van der Waals surface area contributed by atoms with Crippen molar-refractivity contribution in [3.05, 3.63) is 23.2 Å². The quantitative estimate of drug-likeness (QED) is 0.636. The smallest absolute Gasteiger partial charge is 0.0506 e. The van der Waals surface area contributed by atoms with Crippen molar-refractivity contribution in [2.75, 3.05) is 0 Å². The summed E-state index contributed by atoms with van der Waals surface area (Å²) in [6.45, 7) is 8.04. The van der Waals surface area contributed by atoms with Crippen LogP contribution in [0.3, 0.4) is 0 Å². The van der Waals surface area contributed by atoms with Gasteiger partial charge in [0.1, 0.15) is 0 Å². The summed E-state index contributed by atoms with van der Waals surface area (Å²) >= 11 is 1.51. The molecule has 0 fully saturated rings. The van der Waals surface area contributed by atoms with Crippen LogP contribution in [0.2, 0.25) is 0 Å². The van der Waals surface area contributed by atoms with E-state index in [1.54, 1.807) is 0 Å². The normalized spacial score (nSPS) is 10.3. The molecule has 0 atom stereocenters. The van der Waals surface area contributed by atoms with E-state index in [0.29, 0.717) is 5.92 Å². The molecule has 1 rings (SSSR count). The van der Waals surface area contributed by atoms with Crippen LogP contribution in [0, 0.1) is 0 Å². The van der Waals surface area contributed by atoms with Gasteiger partial charge in [-0.25, -0.2) is 4.37 Å². The molecule has 0 saturated heterocycles. The fraction of sp³-hybridized carbons (Fsp3) is 0.375. The van der Waals surface area contributed by atoms with Gasteiger partial charge in [0.2, 0.25) is 0 Å². The van der Waals surface area contributed by atoms with Crippen molar-refractivity contribution in [2.24, 2.45) is 0 Å². The van der Waals surface area contributed by atoms with Gasteiger partial charge < -0.3 is 0 Å². The van der Waals surface area contributed by atoms with E-state index < -0.39 is 0 Å². The highest BCUT2D eigenvalue weighted by molar-refractivity contribution is 7.06. The summed E-state index contributed by atoms with van der Waals surface area (Å²) in [4.78, 5) is 1.20. The van der Waals surface area contributed by atoms with Crippen molar-refractivity contribution < 1.29 is 0 Å². The van der Waals surface area contributed by atoms with Crippen molar-refractivity contribution in [2.45, 2.75) is 19.8 Å². The van der Waals surface area contributed by atoms with Crippen LogP contribution in [-0.2, 0) is 0 Å². The first-order valence-electron chi connectivity index (χ1n) is 3.32. The second-order valence-corrected chi connectivity index (χ2v) is 3.34. The van der Waals surface area contributed by atoms with Crippen LogP contribution in [-0.4, -0.2) is 4.37 Å². The molecular formula is C8H11NS. The summed E-state index contributed by atoms with van der Waals surface area (Å²) in [5.74, 6) is 0.562. The minimum Gasteiger partial charge on any atom is -0.200 e. The molecule has 1 nitrogen and oxygen atoms in total. The summed E-state index contributed by atoms with van der Waals surface area (Å²) in [7, 11) is 0. The second kappa shape index (κ2) is 2.97. The lowest BCUT2D eigenvalue weighted by atomic mass is 10.1. The third-order valence-corrected chi connectivity index (χ3v) is 2.24. The number of aromatic nitrogens is 1. The first kappa shape index (κ1) is 7.48. The van der Waals surface area contributed by atoms with Gasteiger partial charge >= 0.3 is 0 Å². The van der Waals surface area contributed by atoms with Crippen molar-refractivity contribution in [1.82, 2.24) is 4.37 Å². The van der Waals surface area contributed by atoms with Crippen LogP contribution in [0.25, 0.3) is 6.08 Å². The first-order chi connectivity index (χ1) is 4.75. The van der Waals surface area contributed by atoms with E-state index in [4.69, 9.17) is 0 Å². The molecule has 0 aromatic carbocycles. The van der Waals surface area contributed by atoms with Crippen LogP contribution in [0.4, 0.5) is 0 Å². The highest BCUT2D eigenvalue weighted by Gasteiger charge is 2.04. The Labute approximate surface area is 65.6 Å².